The maximum atomic E-state index is 13.4. The molecule has 0 saturated carbocycles. The number of thioether (sulfide) groups is 1. The largest absolute Gasteiger partial charge is 0.496 e. The Hall–Kier alpha value is -4.24. The molecule has 0 radical (unpaired) electrons. The summed E-state index contributed by atoms with van der Waals surface area (Å²) in [6.45, 7) is 0. The summed E-state index contributed by atoms with van der Waals surface area (Å²) in [5.41, 5.74) is 1.96. The van der Waals surface area contributed by atoms with E-state index in [0.717, 1.165) is 4.90 Å². The molecule has 10 heteroatoms. The molecule has 0 saturated heterocycles. The lowest BCUT2D eigenvalue weighted by Gasteiger charge is -2.13. The van der Waals surface area contributed by atoms with Crippen molar-refractivity contribution in [3.8, 4) is 5.75 Å². The third-order valence-corrected chi connectivity index (χ3v) is 7.19. The molecule has 4 aromatic carbocycles. The van der Waals surface area contributed by atoms with E-state index in [9.17, 15) is 14.4 Å². The fourth-order valence-corrected chi connectivity index (χ4v) is 4.77. The Bertz CT molecular complexity index is 1600. The van der Waals surface area contributed by atoms with Crippen LogP contribution in [-0.2, 0) is 9.59 Å². The normalized spacial score (nSPS) is 11.0. The van der Waals surface area contributed by atoms with E-state index in [1.54, 1.807) is 91.0 Å². The lowest BCUT2D eigenvalue weighted by molar-refractivity contribution is -0.114. The number of halogens is 2. The average molecular weight is 607 g/mol. The summed E-state index contributed by atoms with van der Waals surface area (Å²) in [5.74, 6) is -0.582. The maximum absolute atomic E-state index is 13.4. The summed E-state index contributed by atoms with van der Waals surface area (Å²) in [4.78, 5) is 39.5. The topological polar surface area (TPSA) is 96.5 Å². The smallest absolute Gasteiger partial charge is 0.272 e. The molecule has 0 heterocycles. The van der Waals surface area contributed by atoms with E-state index in [1.165, 1.54) is 18.9 Å². The molecule has 0 aliphatic rings. The molecule has 0 atom stereocenters. The molecule has 41 heavy (non-hydrogen) atoms. The van der Waals surface area contributed by atoms with E-state index in [-0.39, 0.29) is 17.4 Å². The van der Waals surface area contributed by atoms with Gasteiger partial charge in [0.25, 0.3) is 11.8 Å². The number of rotatable bonds is 10. The molecule has 0 fully saturated rings. The van der Waals surface area contributed by atoms with Crippen LogP contribution in [0.1, 0.15) is 15.9 Å². The quantitative estimate of drug-likeness (QED) is 0.132. The minimum absolute atomic E-state index is 0.0270. The fourth-order valence-electron chi connectivity index (χ4n) is 3.67. The molecule has 0 bridgehead atoms. The zero-order valence-electron chi connectivity index (χ0n) is 21.8. The van der Waals surface area contributed by atoms with Gasteiger partial charge >= 0.3 is 0 Å². The fraction of sp³-hybridized carbons (Fsp3) is 0.0645. The Labute approximate surface area is 251 Å². The monoisotopic (exact) mass is 605 g/mol. The van der Waals surface area contributed by atoms with Crippen molar-refractivity contribution in [3.05, 3.63) is 124 Å². The van der Waals surface area contributed by atoms with Crippen LogP contribution in [0.3, 0.4) is 0 Å². The van der Waals surface area contributed by atoms with Crippen molar-refractivity contribution in [1.82, 2.24) is 5.32 Å². The molecule has 0 aliphatic heterocycles. The number of amides is 3. The van der Waals surface area contributed by atoms with Crippen molar-refractivity contribution < 1.29 is 19.1 Å². The van der Waals surface area contributed by atoms with Gasteiger partial charge in [-0.3, -0.25) is 14.4 Å². The molecular weight excluding hydrogens is 581 g/mol. The number of anilines is 2. The summed E-state index contributed by atoms with van der Waals surface area (Å²) in [6.07, 6.45) is 1.55. The second kappa shape index (κ2) is 14.4. The number of methoxy groups -OCH3 is 1. The van der Waals surface area contributed by atoms with Crippen LogP contribution in [0, 0.1) is 0 Å². The average Bonchev–Trinajstić information content (AvgIpc) is 2.98. The van der Waals surface area contributed by atoms with Gasteiger partial charge in [-0.05, 0) is 60.7 Å². The Balaban J connectivity index is 1.48. The number of carbonyl (C=O) groups is 3. The van der Waals surface area contributed by atoms with E-state index in [1.807, 2.05) is 12.1 Å². The van der Waals surface area contributed by atoms with Gasteiger partial charge < -0.3 is 20.7 Å². The van der Waals surface area contributed by atoms with Crippen molar-refractivity contribution in [2.75, 3.05) is 23.5 Å². The van der Waals surface area contributed by atoms with Crippen LogP contribution >= 0.6 is 35.0 Å². The second-order valence-corrected chi connectivity index (χ2v) is 10.5. The first-order valence-electron chi connectivity index (χ1n) is 12.3. The lowest BCUT2D eigenvalue weighted by atomic mass is 10.1. The Kier molecular flexibility index (Phi) is 10.5. The number of ether oxygens (including phenoxy) is 1. The molecule has 4 aromatic rings. The molecule has 208 valence electrons. The summed E-state index contributed by atoms with van der Waals surface area (Å²) < 4.78 is 5.41. The molecule has 0 aliphatic carbocycles. The zero-order chi connectivity index (χ0) is 29.2. The van der Waals surface area contributed by atoms with Crippen LogP contribution in [0.2, 0.25) is 10.0 Å². The third-order valence-electron chi connectivity index (χ3n) is 5.63. The van der Waals surface area contributed by atoms with E-state index in [2.05, 4.69) is 16.0 Å². The second-order valence-electron chi connectivity index (χ2n) is 8.56. The molecule has 0 aromatic heterocycles. The molecule has 3 N–H and O–H groups in total. The van der Waals surface area contributed by atoms with Crippen LogP contribution < -0.4 is 20.7 Å². The van der Waals surface area contributed by atoms with Crippen molar-refractivity contribution in [2.45, 2.75) is 4.90 Å². The van der Waals surface area contributed by atoms with Crippen molar-refractivity contribution in [2.24, 2.45) is 0 Å². The highest BCUT2D eigenvalue weighted by Gasteiger charge is 2.16. The standard InChI is InChI=1S/C31H25Cl2N3O4S/c1-40-28-13-6-5-10-21(28)16-27(36-30(38)20-8-3-2-4-9-20)31(39)34-23-11-7-12-24(18-23)41-19-29(37)35-26-17-22(32)14-15-25(26)33/h2-18H,19H2,1H3,(H,34,39)(H,35,37)(H,36,38)/b27-16+. The highest BCUT2D eigenvalue weighted by atomic mass is 35.5. The number of hydrogen-bond donors (Lipinski definition) is 3. The first-order chi connectivity index (χ1) is 19.8. The molecule has 4 rings (SSSR count). The minimum Gasteiger partial charge on any atom is -0.496 e. The SMILES string of the molecule is COc1ccccc1/C=C(/NC(=O)c1ccccc1)C(=O)Nc1cccc(SCC(=O)Nc2cc(Cl)ccc2Cl)c1. The number of benzene rings is 4. The summed E-state index contributed by atoms with van der Waals surface area (Å²) in [5, 5.41) is 9.13. The van der Waals surface area contributed by atoms with Gasteiger partial charge in [-0.2, -0.15) is 0 Å². The van der Waals surface area contributed by atoms with Gasteiger partial charge in [-0.25, -0.2) is 0 Å². The van der Waals surface area contributed by atoms with E-state index in [0.29, 0.717) is 38.3 Å². The lowest BCUT2D eigenvalue weighted by Crippen LogP contribution is -2.30. The predicted octanol–water partition coefficient (Wildman–Crippen LogP) is 7.14. The van der Waals surface area contributed by atoms with Crippen LogP contribution in [-0.4, -0.2) is 30.6 Å². The van der Waals surface area contributed by atoms with Gasteiger partial charge in [0.15, 0.2) is 0 Å². The van der Waals surface area contributed by atoms with Gasteiger partial charge in [-0.15, -0.1) is 11.8 Å². The number of para-hydroxylation sites is 1. The van der Waals surface area contributed by atoms with Gasteiger partial charge in [-0.1, -0.05) is 65.7 Å². The van der Waals surface area contributed by atoms with Crippen molar-refractivity contribution in [1.29, 1.82) is 0 Å². The van der Waals surface area contributed by atoms with Gasteiger partial charge in [0.1, 0.15) is 11.4 Å². The van der Waals surface area contributed by atoms with E-state index < -0.39 is 11.8 Å². The summed E-state index contributed by atoms with van der Waals surface area (Å²) >= 11 is 13.4. The molecule has 3 amide bonds. The first-order valence-corrected chi connectivity index (χ1v) is 14.1. The number of hydrogen-bond acceptors (Lipinski definition) is 5. The van der Waals surface area contributed by atoms with Crippen molar-refractivity contribution in [3.63, 3.8) is 0 Å². The molecule has 7 nitrogen and oxygen atoms in total. The summed E-state index contributed by atoms with van der Waals surface area (Å²) in [6, 6.07) is 27.6. The molecular formula is C31H25Cl2N3O4S. The number of carbonyl (C=O) groups excluding carboxylic acids is 3. The summed E-state index contributed by atoms with van der Waals surface area (Å²) in [7, 11) is 1.53. The molecule has 0 spiro atoms. The molecule has 0 unspecified atom stereocenters. The first kappa shape index (κ1) is 29.7. The van der Waals surface area contributed by atoms with Crippen molar-refractivity contribution >= 4 is 70.1 Å². The Morgan fingerprint density at radius 1 is 0.854 bits per heavy atom. The van der Waals surface area contributed by atoms with Crippen LogP contribution in [0.5, 0.6) is 5.75 Å². The van der Waals surface area contributed by atoms with Crippen LogP contribution in [0.25, 0.3) is 6.08 Å². The predicted molar refractivity (Wildman–Crippen MR) is 166 cm³/mol. The third kappa shape index (κ3) is 8.62. The Morgan fingerprint density at radius 3 is 2.39 bits per heavy atom. The van der Waals surface area contributed by atoms with Crippen LogP contribution in [0.15, 0.2) is 108 Å². The highest BCUT2D eigenvalue weighted by molar-refractivity contribution is 8.00. The highest BCUT2D eigenvalue weighted by Crippen LogP contribution is 2.27. The minimum atomic E-state index is -0.532. The Morgan fingerprint density at radius 2 is 1.61 bits per heavy atom. The van der Waals surface area contributed by atoms with Crippen LogP contribution in [0.4, 0.5) is 11.4 Å². The van der Waals surface area contributed by atoms with Gasteiger partial charge in [0, 0.05) is 26.7 Å². The van der Waals surface area contributed by atoms with E-state index >= 15 is 0 Å². The number of nitrogens with one attached hydrogen (secondary N) is 3. The zero-order valence-corrected chi connectivity index (χ0v) is 24.1. The maximum Gasteiger partial charge on any atom is 0.272 e. The van der Waals surface area contributed by atoms with Gasteiger partial charge in [0.05, 0.1) is 23.6 Å². The van der Waals surface area contributed by atoms with Gasteiger partial charge in [0.2, 0.25) is 5.91 Å². The van der Waals surface area contributed by atoms with E-state index in [4.69, 9.17) is 27.9 Å².